The molecule has 0 spiro atoms. The van der Waals surface area contributed by atoms with Crippen molar-refractivity contribution in [2.45, 2.75) is 13.3 Å². The van der Waals surface area contributed by atoms with Gasteiger partial charge >= 0.3 is 5.97 Å². The molecule has 0 bridgehead atoms. The number of hydrogen-bond acceptors (Lipinski definition) is 2. The smallest absolute Gasteiger partial charge is 0.317 e. The summed E-state index contributed by atoms with van der Waals surface area (Å²) in [6.07, 6.45) is 0.841. The van der Waals surface area contributed by atoms with Crippen LogP contribution in [0.25, 0.3) is 0 Å². The predicted octanol–water partition coefficient (Wildman–Crippen LogP) is 0.627. The molecule has 0 atom stereocenters. The van der Waals surface area contributed by atoms with Gasteiger partial charge in [0.25, 0.3) is 0 Å². The van der Waals surface area contributed by atoms with Crippen molar-refractivity contribution in [2.24, 2.45) is 0 Å². The summed E-state index contributed by atoms with van der Waals surface area (Å²) in [5, 5.41) is 10.9. The third kappa shape index (κ3) is 7.17. The monoisotopic (exact) mass is 143 g/mol. The summed E-state index contributed by atoms with van der Waals surface area (Å²) < 4.78 is 0. The van der Waals surface area contributed by atoms with Crippen LogP contribution in [0, 0.1) is 0 Å². The van der Waals surface area contributed by atoms with Crippen molar-refractivity contribution in [1.29, 1.82) is 0 Å². The number of nitrogens with one attached hydrogen (secondary N) is 1. The highest BCUT2D eigenvalue weighted by atomic mass is 16.4. The molecule has 0 heterocycles. The Hall–Kier alpha value is -0.830. The Morgan fingerprint density at radius 1 is 1.70 bits per heavy atom. The molecule has 0 aromatic rings. The number of hydrogen-bond donors (Lipinski definition) is 2. The van der Waals surface area contributed by atoms with Crippen molar-refractivity contribution >= 4 is 5.97 Å². The minimum absolute atomic E-state index is 0.0350. The van der Waals surface area contributed by atoms with Crippen molar-refractivity contribution in [3.63, 3.8) is 0 Å². The van der Waals surface area contributed by atoms with Gasteiger partial charge in [0, 0.05) is 0 Å². The van der Waals surface area contributed by atoms with Gasteiger partial charge in [-0.15, -0.1) is 6.58 Å². The van der Waals surface area contributed by atoms with E-state index in [2.05, 4.69) is 11.9 Å². The maximum atomic E-state index is 9.96. The fourth-order valence-corrected chi connectivity index (χ4v) is 0.497. The van der Waals surface area contributed by atoms with Crippen molar-refractivity contribution < 1.29 is 9.90 Å². The fourth-order valence-electron chi connectivity index (χ4n) is 0.497. The Labute approximate surface area is 60.7 Å². The molecule has 0 aromatic carbocycles. The van der Waals surface area contributed by atoms with Crippen LogP contribution >= 0.6 is 0 Å². The summed E-state index contributed by atoms with van der Waals surface area (Å²) in [5.41, 5.74) is 1.07. The lowest BCUT2D eigenvalue weighted by Gasteiger charge is -1.99. The van der Waals surface area contributed by atoms with Gasteiger partial charge < -0.3 is 10.4 Å². The second-order valence-electron chi connectivity index (χ2n) is 2.28. The molecule has 10 heavy (non-hydrogen) atoms. The Bertz CT molecular complexity index is 116. The Morgan fingerprint density at radius 2 is 2.30 bits per heavy atom. The van der Waals surface area contributed by atoms with Gasteiger partial charge in [-0.05, 0) is 19.9 Å². The lowest BCUT2D eigenvalue weighted by Crippen LogP contribution is -2.23. The summed E-state index contributed by atoms with van der Waals surface area (Å²) in [5.74, 6) is -0.818. The van der Waals surface area contributed by atoms with E-state index in [0.29, 0.717) is 6.54 Å². The van der Waals surface area contributed by atoms with Crippen LogP contribution in [0.3, 0.4) is 0 Å². The van der Waals surface area contributed by atoms with E-state index in [1.165, 1.54) is 0 Å². The number of carboxylic acid groups (broad SMARTS) is 1. The highest BCUT2D eigenvalue weighted by molar-refractivity contribution is 5.68. The van der Waals surface area contributed by atoms with Gasteiger partial charge in [0.05, 0.1) is 6.54 Å². The van der Waals surface area contributed by atoms with E-state index in [1.807, 2.05) is 6.92 Å². The zero-order chi connectivity index (χ0) is 7.98. The largest absolute Gasteiger partial charge is 0.480 e. The highest BCUT2D eigenvalue weighted by Crippen LogP contribution is 1.90. The van der Waals surface area contributed by atoms with Crippen LogP contribution < -0.4 is 5.32 Å². The third-order valence-electron chi connectivity index (χ3n) is 1.00. The molecule has 0 fully saturated rings. The average Bonchev–Trinajstić information content (AvgIpc) is 1.79. The van der Waals surface area contributed by atoms with E-state index in [4.69, 9.17) is 5.11 Å². The molecule has 0 aromatic heterocycles. The molecule has 0 unspecified atom stereocenters. The molecular weight excluding hydrogens is 130 g/mol. The summed E-state index contributed by atoms with van der Waals surface area (Å²) in [7, 11) is 0. The minimum Gasteiger partial charge on any atom is -0.480 e. The van der Waals surface area contributed by atoms with Crippen LogP contribution in [0.4, 0.5) is 0 Å². The van der Waals surface area contributed by atoms with Gasteiger partial charge in [0.2, 0.25) is 0 Å². The third-order valence-corrected chi connectivity index (χ3v) is 1.00. The number of carbonyl (C=O) groups is 1. The maximum Gasteiger partial charge on any atom is 0.317 e. The average molecular weight is 143 g/mol. The first-order valence-corrected chi connectivity index (χ1v) is 3.20. The van der Waals surface area contributed by atoms with Gasteiger partial charge in [-0.2, -0.15) is 0 Å². The standard InChI is InChI=1S/C7H13NO2/c1-6(2)3-4-8-5-7(9)10/h8H,1,3-5H2,2H3,(H,9,10). The quantitative estimate of drug-likeness (QED) is 0.438. The van der Waals surface area contributed by atoms with Crippen molar-refractivity contribution in [1.82, 2.24) is 5.32 Å². The molecule has 0 aliphatic rings. The second-order valence-corrected chi connectivity index (χ2v) is 2.28. The molecule has 58 valence electrons. The number of rotatable bonds is 5. The molecule has 2 N–H and O–H groups in total. The Balaban J connectivity index is 3.06. The van der Waals surface area contributed by atoms with Crippen molar-refractivity contribution in [3.8, 4) is 0 Å². The topological polar surface area (TPSA) is 49.3 Å². The molecule has 0 saturated heterocycles. The van der Waals surface area contributed by atoms with E-state index in [1.54, 1.807) is 0 Å². The van der Waals surface area contributed by atoms with Crippen LogP contribution in [-0.2, 0) is 4.79 Å². The number of aliphatic carboxylic acids is 1. The lowest BCUT2D eigenvalue weighted by molar-refractivity contribution is -0.135. The summed E-state index contributed by atoms with van der Waals surface area (Å²) in [6.45, 7) is 6.33. The Morgan fingerprint density at radius 3 is 2.70 bits per heavy atom. The summed E-state index contributed by atoms with van der Waals surface area (Å²) >= 11 is 0. The molecular formula is C7H13NO2. The molecule has 3 heteroatoms. The highest BCUT2D eigenvalue weighted by Gasteiger charge is 1.93. The lowest BCUT2D eigenvalue weighted by atomic mass is 10.2. The maximum absolute atomic E-state index is 9.96. The van der Waals surface area contributed by atoms with Gasteiger partial charge in [-0.25, -0.2) is 0 Å². The van der Waals surface area contributed by atoms with E-state index < -0.39 is 5.97 Å². The number of carboxylic acids is 1. The van der Waals surface area contributed by atoms with E-state index >= 15 is 0 Å². The van der Waals surface area contributed by atoms with Gasteiger partial charge in [0.1, 0.15) is 0 Å². The first kappa shape index (κ1) is 9.17. The van der Waals surface area contributed by atoms with Crippen LogP contribution in [0.15, 0.2) is 12.2 Å². The van der Waals surface area contributed by atoms with Crippen LogP contribution in [0.2, 0.25) is 0 Å². The first-order valence-electron chi connectivity index (χ1n) is 3.20. The van der Waals surface area contributed by atoms with E-state index in [9.17, 15) is 4.79 Å². The van der Waals surface area contributed by atoms with Gasteiger partial charge in [-0.3, -0.25) is 4.79 Å². The summed E-state index contributed by atoms with van der Waals surface area (Å²) in [6, 6.07) is 0. The minimum atomic E-state index is -0.818. The molecule has 3 nitrogen and oxygen atoms in total. The molecule has 0 aliphatic heterocycles. The molecule has 0 radical (unpaired) electrons. The van der Waals surface area contributed by atoms with Crippen LogP contribution in [-0.4, -0.2) is 24.2 Å². The predicted molar refractivity (Wildman–Crippen MR) is 39.9 cm³/mol. The van der Waals surface area contributed by atoms with E-state index in [0.717, 1.165) is 12.0 Å². The van der Waals surface area contributed by atoms with Gasteiger partial charge in [0.15, 0.2) is 0 Å². The SMILES string of the molecule is C=C(C)CCNCC(=O)O. The van der Waals surface area contributed by atoms with Crippen LogP contribution in [0.1, 0.15) is 13.3 Å². The fraction of sp³-hybridized carbons (Fsp3) is 0.571. The first-order chi connectivity index (χ1) is 4.63. The molecule has 0 amide bonds. The van der Waals surface area contributed by atoms with E-state index in [-0.39, 0.29) is 6.54 Å². The second kappa shape index (κ2) is 4.99. The molecule has 0 saturated carbocycles. The van der Waals surface area contributed by atoms with Crippen molar-refractivity contribution in [3.05, 3.63) is 12.2 Å². The normalized spacial score (nSPS) is 9.30. The van der Waals surface area contributed by atoms with Crippen LogP contribution in [0.5, 0.6) is 0 Å². The van der Waals surface area contributed by atoms with Gasteiger partial charge in [-0.1, -0.05) is 5.57 Å². The Kier molecular flexibility index (Phi) is 4.58. The molecule has 0 rings (SSSR count). The van der Waals surface area contributed by atoms with Crippen molar-refractivity contribution in [2.75, 3.05) is 13.1 Å². The zero-order valence-corrected chi connectivity index (χ0v) is 6.18. The molecule has 0 aliphatic carbocycles. The zero-order valence-electron chi connectivity index (χ0n) is 6.18. The summed E-state index contributed by atoms with van der Waals surface area (Å²) in [4.78, 5) is 9.96.